The van der Waals surface area contributed by atoms with Gasteiger partial charge in [-0.1, -0.05) is 94.4 Å². The van der Waals surface area contributed by atoms with E-state index in [0.29, 0.717) is 24.4 Å². The van der Waals surface area contributed by atoms with Gasteiger partial charge in [0.2, 0.25) is 8.32 Å². The summed E-state index contributed by atoms with van der Waals surface area (Å²) in [6.45, 7) is 20.5. The summed E-state index contributed by atoms with van der Waals surface area (Å²) in [6, 6.07) is 21.7. The van der Waals surface area contributed by atoms with Crippen molar-refractivity contribution in [2.24, 2.45) is 11.8 Å². The molecule has 190 valence electrons. The van der Waals surface area contributed by atoms with Crippen LogP contribution in [0.5, 0.6) is 0 Å². The zero-order valence-corrected chi connectivity index (χ0v) is 24.7. The molecule has 2 aromatic rings. The molecule has 1 aliphatic rings. The van der Waals surface area contributed by atoms with Crippen LogP contribution in [0.3, 0.4) is 0 Å². The third kappa shape index (κ3) is 6.78. The lowest BCUT2D eigenvalue weighted by atomic mass is 9.93. The smallest absolute Gasteiger partial charge is 0.261 e. The molecule has 35 heavy (non-hydrogen) atoms. The van der Waals surface area contributed by atoms with Crippen molar-refractivity contribution in [2.45, 2.75) is 71.3 Å². The summed E-state index contributed by atoms with van der Waals surface area (Å²) < 4.78 is 19.7. The van der Waals surface area contributed by atoms with Crippen LogP contribution in [-0.4, -0.2) is 29.3 Å². The van der Waals surface area contributed by atoms with Gasteiger partial charge >= 0.3 is 0 Å². The van der Waals surface area contributed by atoms with Gasteiger partial charge in [-0.3, -0.25) is 0 Å². The fourth-order valence-electron chi connectivity index (χ4n) is 5.05. The van der Waals surface area contributed by atoms with Crippen molar-refractivity contribution >= 4 is 27.0 Å². The molecule has 0 saturated carbocycles. The highest BCUT2D eigenvalue weighted by Gasteiger charge is 2.50. The Morgan fingerprint density at radius 3 is 1.97 bits per heavy atom. The fraction of sp³-hybridized carbons (Fsp3) is 0.467. The molecule has 0 bridgehead atoms. The molecule has 0 fully saturated rings. The van der Waals surface area contributed by atoms with Gasteiger partial charge in [0.25, 0.3) is 14.3 Å². The van der Waals surface area contributed by atoms with Crippen LogP contribution in [0.1, 0.15) is 40.5 Å². The van der Waals surface area contributed by atoms with Crippen LogP contribution < -0.4 is 10.4 Å². The second kappa shape index (κ2) is 11.3. The van der Waals surface area contributed by atoms with E-state index >= 15 is 0 Å². The minimum atomic E-state index is -2.53. The van der Waals surface area contributed by atoms with Crippen molar-refractivity contribution in [1.29, 1.82) is 0 Å². The van der Waals surface area contributed by atoms with Gasteiger partial charge in [-0.05, 0) is 53.8 Å². The number of allylic oxidation sites excluding steroid dienone is 1. The monoisotopic (exact) mass is 508 g/mol. The van der Waals surface area contributed by atoms with E-state index < -0.39 is 16.6 Å². The molecule has 3 atom stereocenters. The van der Waals surface area contributed by atoms with E-state index in [-0.39, 0.29) is 11.1 Å². The maximum atomic E-state index is 7.16. The van der Waals surface area contributed by atoms with Gasteiger partial charge in [-0.15, -0.1) is 6.58 Å². The van der Waals surface area contributed by atoms with E-state index in [1.807, 2.05) is 6.08 Å². The third-order valence-electron chi connectivity index (χ3n) is 6.58. The van der Waals surface area contributed by atoms with Crippen molar-refractivity contribution in [3.05, 3.63) is 85.3 Å². The molecule has 0 unspecified atom stereocenters. The molecule has 0 aromatic heterocycles. The molecule has 3 nitrogen and oxygen atoms in total. The average Bonchev–Trinajstić information content (AvgIpc) is 3.13. The van der Waals surface area contributed by atoms with Gasteiger partial charge in [0.1, 0.15) is 6.10 Å². The summed E-state index contributed by atoms with van der Waals surface area (Å²) in [7, 11) is -4.25. The molecule has 5 heteroatoms. The van der Waals surface area contributed by atoms with Crippen LogP contribution in [-0.2, 0) is 13.6 Å². The minimum absolute atomic E-state index is 0.0233. The highest BCUT2D eigenvalue weighted by Crippen LogP contribution is 2.38. The molecule has 0 amide bonds. The topological polar surface area (TPSA) is 27.7 Å². The van der Waals surface area contributed by atoms with Crippen molar-refractivity contribution in [3.8, 4) is 0 Å². The summed E-state index contributed by atoms with van der Waals surface area (Å²) in [5.41, 5.74) is 0. The normalized spacial score (nSPS) is 19.6. The largest absolute Gasteiger partial charge is 0.520 e. The lowest BCUT2D eigenvalue weighted by Gasteiger charge is -2.43. The van der Waals surface area contributed by atoms with Crippen LogP contribution in [0.15, 0.2) is 85.3 Å². The Hall–Kier alpha value is -2.09. The Morgan fingerprint density at radius 1 is 0.971 bits per heavy atom. The molecule has 0 aliphatic carbocycles. The van der Waals surface area contributed by atoms with Crippen LogP contribution in [0.4, 0.5) is 0 Å². The molecule has 1 aliphatic heterocycles. The third-order valence-corrected chi connectivity index (χ3v) is 12.4. The van der Waals surface area contributed by atoms with E-state index in [0.717, 1.165) is 12.8 Å². The summed E-state index contributed by atoms with van der Waals surface area (Å²) in [6.07, 6.45) is 6.06. The van der Waals surface area contributed by atoms with Gasteiger partial charge < -0.3 is 13.6 Å². The van der Waals surface area contributed by atoms with Crippen LogP contribution in [0, 0.1) is 11.8 Å². The fourth-order valence-corrected chi connectivity index (χ4v) is 10.5. The number of hydrogen-bond acceptors (Lipinski definition) is 3. The number of ether oxygens (including phenoxy) is 1. The van der Waals surface area contributed by atoms with E-state index in [1.165, 1.54) is 10.4 Å². The highest BCUT2D eigenvalue weighted by atomic mass is 28.4. The molecule has 0 radical (unpaired) electrons. The highest BCUT2D eigenvalue weighted by molar-refractivity contribution is 6.99. The van der Waals surface area contributed by atoms with Gasteiger partial charge in [0, 0.05) is 18.6 Å². The molecule has 2 aromatic carbocycles. The summed E-state index contributed by atoms with van der Waals surface area (Å²) in [5.74, 6) is 1.35. The first-order chi connectivity index (χ1) is 16.5. The molecule has 0 spiro atoms. The first kappa shape index (κ1) is 27.5. The predicted molar refractivity (Wildman–Crippen MR) is 153 cm³/mol. The van der Waals surface area contributed by atoms with Crippen molar-refractivity contribution in [1.82, 2.24) is 0 Å². The molecular weight excluding hydrogens is 464 g/mol. The SMILES string of the molecule is C=CC[C@@H]1C=C(O[Si](C)(C)C)O[C@H]1C[C@H](C)CO[Si](c1ccccc1)(c1ccccc1)C(C)(C)C. The summed E-state index contributed by atoms with van der Waals surface area (Å²) >= 11 is 0. The quantitative estimate of drug-likeness (QED) is 0.245. The van der Waals surface area contributed by atoms with Gasteiger partial charge in [-0.25, -0.2) is 0 Å². The second-order valence-electron chi connectivity index (χ2n) is 11.9. The average molecular weight is 509 g/mol. The van der Waals surface area contributed by atoms with Gasteiger partial charge in [0.05, 0.1) is 0 Å². The number of hydrogen-bond donors (Lipinski definition) is 0. The summed E-state index contributed by atoms with van der Waals surface area (Å²) in [5, 5.41) is 2.62. The minimum Gasteiger partial charge on any atom is -0.520 e. The second-order valence-corrected chi connectivity index (χ2v) is 20.6. The van der Waals surface area contributed by atoms with Crippen LogP contribution >= 0.6 is 0 Å². The Labute approximate surface area is 215 Å². The zero-order valence-electron chi connectivity index (χ0n) is 22.7. The molecular formula is C30H44O3Si2. The standard InChI is InChI=1S/C30H44O3Si2/c1-9-16-25-22-29(33-34(6,7)8)32-28(25)21-24(2)23-31-35(30(3,4)5,26-17-12-10-13-18-26)27-19-14-11-15-20-27/h9-15,17-20,22,24-25,28H,1,16,21,23H2,2-8H3/t24-,25+,28-/m0/s1. The van der Waals surface area contributed by atoms with E-state index in [1.54, 1.807) is 0 Å². The molecule has 3 rings (SSSR count). The Bertz CT molecular complexity index is 935. The van der Waals surface area contributed by atoms with E-state index in [9.17, 15) is 0 Å². The van der Waals surface area contributed by atoms with Gasteiger partial charge in [-0.2, -0.15) is 0 Å². The van der Waals surface area contributed by atoms with Crippen molar-refractivity contribution < 1.29 is 13.6 Å². The Morgan fingerprint density at radius 2 is 1.51 bits per heavy atom. The maximum absolute atomic E-state index is 7.16. The summed E-state index contributed by atoms with van der Waals surface area (Å²) in [4.78, 5) is 0. The Balaban J connectivity index is 1.81. The lowest BCUT2D eigenvalue weighted by Crippen LogP contribution is -2.66. The first-order valence-corrected chi connectivity index (χ1v) is 18.2. The maximum Gasteiger partial charge on any atom is 0.261 e. The number of benzene rings is 2. The van der Waals surface area contributed by atoms with Gasteiger partial charge in [0.15, 0.2) is 0 Å². The van der Waals surface area contributed by atoms with E-state index in [2.05, 4.69) is 121 Å². The molecule has 1 heterocycles. The van der Waals surface area contributed by atoms with Crippen LogP contribution in [0.25, 0.3) is 0 Å². The molecule has 0 saturated heterocycles. The van der Waals surface area contributed by atoms with Crippen molar-refractivity contribution in [2.75, 3.05) is 6.61 Å². The lowest BCUT2D eigenvalue weighted by molar-refractivity contribution is 0.0294. The van der Waals surface area contributed by atoms with E-state index in [4.69, 9.17) is 13.6 Å². The van der Waals surface area contributed by atoms with Crippen LogP contribution in [0.2, 0.25) is 24.7 Å². The molecule has 0 N–H and O–H groups in total. The number of rotatable bonds is 11. The Kier molecular flexibility index (Phi) is 8.89. The first-order valence-electron chi connectivity index (χ1n) is 12.9. The predicted octanol–water partition coefficient (Wildman–Crippen LogP) is 6.87. The van der Waals surface area contributed by atoms with Crippen molar-refractivity contribution in [3.63, 3.8) is 0 Å². The zero-order chi connectivity index (χ0) is 25.7.